The van der Waals surface area contributed by atoms with E-state index < -0.39 is 0 Å². The predicted octanol–water partition coefficient (Wildman–Crippen LogP) is 1.68. The number of likely N-dealkylation sites (tertiary alicyclic amines) is 1. The summed E-state index contributed by atoms with van der Waals surface area (Å²) in [6.07, 6.45) is 1.75. The number of para-hydroxylation sites is 3. The smallest absolute Gasteiger partial charge is 0.329 e. The van der Waals surface area contributed by atoms with E-state index in [-0.39, 0.29) is 30.0 Å². The summed E-state index contributed by atoms with van der Waals surface area (Å²) in [5.74, 6) is -0.653. The SMILES string of the molecule is Cn1c(=O)n(CC(=O)Nc2ccccc2CN2CCCC(C(N)=O)C2)c2ccccc21. The van der Waals surface area contributed by atoms with Crippen molar-refractivity contribution in [2.75, 3.05) is 18.4 Å². The van der Waals surface area contributed by atoms with Crippen molar-refractivity contribution < 1.29 is 9.59 Å². The molecule has 162 valence electrons. The Morgan fingerprint density at radius 2 is 1.81 bits per heavy atom. The maximum atomic E-state index is 12.8. The van der Waals surface area contributed by atoms with E-state index in [1.54, 1.807) is 11.6 Å². The molecule has 0 saturated carbocycles. The van der Waals surface area contributed by atoms with E-state index in [2.05, 4.69) is 10.2 Å². The van der Waals surface area contributed by atoms with E-state index in [0.717, 1.165) is 36.0 Å². The first-order valence-corrected chi connectivity index (χ1v) is 10.5. The van der Waals surface area contributed by atoms with Gasteiger partial charge in [-0.15, -0.1) is 0 Å². The lowest BCUT2D eigenvalue weighted by Crippen LogP contribution is -2.40. The fourth-order valence-electron chi connectivity index (χ4n) is 4.30. The summed E-state index contributed by atoms with van der Waals surface area (Å²) in [5.41, 5.74) is 8.45. The fourth-order valence-corrected chi connectivity index (χ4v) is 4.30. The Morgan fingerprint density at radius 1 is 1.10 bits per heavy atom. The molecule has 31 heavy (non-hydrogen) atoms. The molecular weight excluding hydrogens is 394 g/mol. The van der Waals surface area contributed by atoms with Crippen molar-refractivity contribution in [3.63, 3.8) is 0 Å². The Labute approximate surface area is 180 Å². The maximum absolute atomic E-state index is 12.8. The average Bonchev–Trinajstić information content (AvgIpc) is 3.00. The molecule has 1 aliphatic heterocycles. The number of aromatic nitrogens is 2. The van der Waals surface area contributed by atoms with Gasteiger partial charge in [0.15, 0.2) is 0 Å². The quantitative estimate of drug-likeness (QED) is 0.632. The summed E-state index contributed by atoms with van der Waals surface area (Å²) >= 11 is 0. The van der Waals surface area contributed by atoms with Crippen LogP contribution in [0.5, 0.6) is 0 Å². The number of nitrogens with two attached hydrogens (primary N) is 1. The molecule has 1 unspecified atom stereocenters. The number of benzene rings is 2. The molecule has 8 nitrogen and oxygen atoms in total. The second kappa shape index (κ2) is 8.77. The molecule has 0 bridgehead atoms. The number of anilines is 1. The first-order chi connectivity index (χ1) is 14.9. The third-order valence-electron chi connectivity index (χ3n) is 5.95. The molecule has 1 aromatic heterocycles. The van der Waals surface area contributed by atoms with E-state index in [1.165, 1.54) is 4.57 Å². The minimum absolute atomic E-state index is 0.0675. The van der Waals surface area contributed by atoms with E-state index in [1.807, 2.05) is 48.5 Å². The van der Waals surface area contributed by atoms with Gasteiger partial charge in [0, 0.05) is 25.8 Å². The number of carbonyl (C=O) groups excluding carboxylic acids is 2. The summed E-state index contributed by atoms with van der Waals surface area (Å²) in [6.45, 7) is 2.07. The van der Waals surface area contributed by atoms with E-state index in [0.29, 0.717) is 18.8 Å². The van der Waals surface area contributed by atoms with Crippen LogP contribution in [0.3, 0.4) is 0 Å². The highest BCUT2D eigenvalue weighted by Crippen LogP contribution is 2.22. The van der Waals surface area contributed by atoms with Gasteiger partial charge in [0.05, 0.1) is 17.0 Å². The van der Waals surface area contributed by atoms with Crippen molar-refractivity contribution >= 4 is 28.5 Å². The van der Waals surface area contributed by atoms with Crippen molar-refractivity contribution in [1.82, 2.24) is 14.0 Å². The standard InChI is InChI=1S/C23H27N5O3/c1-26-19-10-4-5-11-20(19)28(23(26)31)15-21(29)25-18-9-3-2-7-16(18)13-27-12-6-8-17(14-27)22(24)30/h2-5,7,9-11,17H,6,8,12-15H2,1H3,(H2,24,30)(H,25,29). The molecule has 2 heterocycles. The molecule has 3 N–H and O–H groups in total. The summed E-state index contributed by atoms with van der Waals surface area (Å²) in [4.78, 5) is 39.2. The molecular formula is C23H27N5O3. The second-order valence-corrected chi connectivity index (χ2v) is 8.10. The van der Waals surface area contributed by atoms with Gasteiger partial charge >= 0.3 is 5.69 Å². The van der Waals surface area contributed by atoms with Gasteiger partial charge in [0.2, 0.25) is 11.8 Å². The van der Waals surface area contributed by atoms with Crippen LogP contribution in [0.4, 0.5) is 5.69 Å². The zero-order valence-electron chi connectivity index (χ0n) is 17.6. The highest BCUT2D eigenvalue weighted by Gasteiger charge is 2.24. The molecule has 3 aromatic rings. The number of piperidine rings is 1. The highest BCUT2D eigenvalue weighted by atomic mass is 16.2. The van der Waals surface area contributed by atoms with Gasteiger partial charge in [-0.25, -0.2) is 4.79 Å². The number of nitrogens with one attached hydrogen (secondary N) is 1. The summed E-state index contributed by atoms with van der Waals surface area (Å²) in [7, 11) is 1.70. The first kappa shape index (κ1) is 20.9. The average molecular weight is 422 g/mol. The molecule has 4 rings (SSSR count). The van der Waals surface area contributed by atoms with Crippen LogP contribution in [-0.4, -0.2) is 38.9 Å². The fraction of sp³-hybridized carbons (Fsp3) is 0.348. The molecule has 1 fully saturated rings. The summed E-state index contributed by atoms with van der Waals surface area (Å²) < 4.78 is 3.03. The molecule has 0 radical (unpaired) electrons. The number of carbonyl (C=O) groups is 2. The first-order valence-electron chi connectivity index (χ1n) is 10.5. The van der Waals surface area contributed by atoms with Gasteiger partial charge in [-0.2, -0.15) is 0 Å². The lowest BCUT2D eigenvalue weighted by atomic mass is 9.97. The number of amides is 2. The zero-order chi connectivity index (χ0) is 22.0. The maximum Gasteiger partial charge on any atom is 0.329 e. The van der Waals surface area contributed by atoms with Gasteiger partial charge in [0.25, 0.3) is 0 Å². The lowest BCUT2D eigenvalue weighted by Gasteiger charge is -2.31. The molecule has 2 amide bonds. The number of nitrogens with zero attached hydrogens (tertiary/aromatic N) is 3. The summed E-state index contributed by atoms with van der Waals surface area (Å²) in [6, 6.07) is 15.0. The number of hydrogen-bond acceptors (Lipinski definition) is 4. The largest absolute Gasteiger partial charge is 0.369 e. The van der Waals surface area contributed by atoms with Crippen molar-refractivity contribution in [2.24, 2.45) is 18.7 Å². The number of primary amides is 1. The Bertz CT molecular complexity index is 1180. The van der Waals surface area contributed by atoms with E-state index in [4.69, 9.17) is 5.73 Å². The molecule has 2 aromatic carbocycles. The van der Waals surface area contributed by atoms with Crippen molar-refractivity contribution in [1.29, 1.82) is 0 Å². The van der Waals surface area contributed by atoms with Crippen LogP contribution < -0.4 is 16.7 Å². The number of imidazole rings is 1. The molecule has 8 heteroatoms. The van der Waals surface area contributed by atoms with Crippen LogP contribution >= 0.6 is 0 Å². The Kier molecular flexibility index (Phi) is 5.90. The Balaban J connectivity index is 1.49. The van der Waals surface area contributed by atoms with Gasteiger partial charge < -0.3 is 11.1 Å². The number of fused-ring (bicyclic) bond motifs is 1. The van der Waals surface area contributed by atoms with Crippen LogP contribution in [0.15, 0.2) is 53.3 Å². The van der Waals surface area contributed by atoms with Crippen LogP contribution in [0.1, 0.15) is 18.4 Å². The van der Waals surface area contributed by atoms with Crippen LogP contribution in [-0.2, 0) is 29.7 Å². The minimum atomic E-state index is -0.264. The molecule has 0 spiro atoms. The third-order valence-corrected chi connectivity index (χ3v) is 5.95. The van der Waals surface area contributed by atoms with Crippen LogP contribution in [0, 0.1) is 5.92 Å². The lowest BCUT2D eigenvalue weighted by molar-refractivity contribution is -0.123. The molecule has 1 aliphatic rings. The van der Waals surface area contributed by atoms with Gasteiger partial charge in [0.1, 0.15) is 6.54 Å². The van der Waals surface area contributed by atoms with Gasteiger partial charge in [-0.05, 0) is 43.1 Å². The number of aryl methyl sites for hydroxylation is 1. The van der Waals surface area contributed by atoms with Crippen molar-refractivity contribution in [3.8, 4) is 0 Å². The monoisotopic (exact) mass is 421 g/mol. The second-order valence-electron chi connectivity index (χ2n) is 8.10. The molecule has 1 saturated heterocycles. The van der Waals surface area contributed by atoms with Crippen LogP contribution in [0.25, 0.3) is 11.0 Å². The third kappa shape index (κ3) is 4.39. The highest BCUT2D eigenvalue weighted by molar-refractivity contribution is 5.92. The molecule has 0 aliphatic carbocycles. The normalized spacial score (nSPS) is 17.0. The van der Waals surface area contributed by atoms with E-state index >= 15 is 0 Å². The van der Waals surface area contributed by atoms with E-state index in [9.17, 15) is 14.4 Å². The topological polar surface area (TPSA) is 102 Å². The zero-order valence-corrected chi connectivity index (χ0v) is 17.6. The van der Waals surface area contributed by atoms with Gasteiger partial charge in [-0.3, -0.25) is 23.6 Å². The Hall–Kier alpha value is -3.39. The molecule has 1 atom stereocenters. The Morgan fingerprint density at radius 3 is 2.58 bits per heavy atom. The minimum Gasteiger partial charge on any atom is -0.369 e. The summed E-state index contributed by atoms with van der Waals surface area (Å²) in [5, 5.41) is 2.96. The van der Waals surface area contributed by atoms with Crippen LogP contribution in [0.2, 0.25) is 0 Å². The number of rotatable bonds is 6. The number of hydrogen-bond donors (Lipinski definition) is 2. The van der Waals surface area contributed by atoms with Crippen molar-refractivity contribution in [3.05, 3.63) is 64.6 Å². The predicted molar refractivity (Wildman–Crippen MR) is 119 cm³/mol. The van der Waals surface area contributed by atoms with Gasteiger partial charge in [-0.1, -0.05) is 30.3 Å². The van der Waals surface area contributed by atoms with Crippen molar-refractivity contribution in [2.45, 2.75) is 25.9 Å².